The van der Waals surface area contributed by atoms with Crippen molar-refractivity contribution in [2.45, 2.75) is 51.5 Å². The van der Waals surface area contributed by atoms with Crippen molar-refractivity contribution in [1.29, 1.82) is 0 Å². The van der Waals surface area contributed by atoms with Crippen LogP contribution in [0.2, 0.25) is 5.02 Å². The van der Waals surface area contributed by atoms with Gasteiger partial charge in [0.1, 0.15) is 0 Å². The van der Waals surface area contributed by atoms with Gasteiger partial charge in [-0.05, 0) is 86.8 Å². The lowest BCUT2D eigenvalue weighted by Gasteiger charge is -2.59. The Morgan fingerprint density at radius 2 is 1.81 bits per heavy atom. The summed E-state index contributed by atoms with van der Waals surface area (Å²) in [5.41, 5.74) is 0.612. The van der Waals surface area contributed by atoms with E-state index in [9.17, 15) is 9.59 Å². The Hall–Kier alpha value is -1.55. The molecule has 4 bridgehead atoms. The monoisotopic (exact) mass is 375 g/mol. The van der Waals surface area contributed by atoms with Crippen LogP contribution in [0.5, 0.6) is 0 Å². The fourth-order valence-corrected chi connectivity index (χ4v) is 6.16. The van der Waals surface area contributed by atoms with E-state index in [1.165, 1.54) is 38.5 Å². The summed E-state index contributed by atoms with van der Waals surface area (Å²) >= 11 is 5.88. The van der Waals surface area contributed by atoms with Gasteiger partial charge in [0, 0.05) is 11.1 Å². The van der Waals surface area contributed by atoms with Crippen LogP contribution in [0.25, 0.3) is 0 Å². The Morgan fingerprint density at radius 3 is 2.38 bits per heavy atom. The maximum atomic E-state index is 12.3. The number of hydrogen-bond donors (Lipinski definition) is 1. The van der Waals surface area contributed by atoms with Crippen molar-refractivity contribution in [2.75, 3.05) is 6.61 Å². The second kappa shape index (κ2) is 6.88. The second-order valence-corrected chi connectivity index (χ2v) is 9.09. The highest BCUT2D eigenvalue weighted by Crippen LogP contribution is 2.61. The Morgan fingerprint density at radius 1 is 1.19 bits per heavy atom. The number of carbonyl (C=O) groups is 2. The smallest absolute Gasteiger partial charge is 0.338 e. The highest BCUT2D eigenvalue weighted by Gasteiger charge is 2.53. The average molecular weight is 376 g/mol. The van der Waals surface area contributed by atoms with Crippen LogP contribution in [0.3, 0.4) is 0 Å². The predicted molar refractivity (Wildman–Crippen MR) is 99.9 cm³/mol. The third kappa shape index (κ3) is 3.48. The maximum absolute atomic E-state index is 12.3. The third-order valence-electron chi connectivity index (χ3n) is 6.78. The van der Waals surface area contributed by atoms with Crippen LogP contribution < -0.4 is 5.32 Å². The molecule has 0 radical (unpaired) electrons. The van der Waals surface area contributed by atoms with Crippen LogP contribution in [0, 0.1) is 23.2 Å². The fourth-order valence-electron chi connectivity index (χ4n) is 5.97. The SMILES string of the molecule is C[C@H](NC(=O)COC(=O)c1cccc(Cl)c1)C12CC3CC(CC(C3)C1)C2. The van der Waals surface area contributed by atoms with Gasteiger partial charge in [0.2, 0.25) is 0 Å². The number of amides is 1. The number of carbonyl (C=O) groups excluding carboxylic acids is 2. The lowest BCUT2D eigenvalue weighted by molar-refractivity contribution is -0.128. The van der Waals surface area contributed by atoms with Crippen LogP contribution in [0.1, 0.15) is 55.8 Å². The lowest BCUT2D eigenvalue weighted by Crippen LogP contribution is -2.56. The molecule has 4 aliphatic carbocycles. The fraction of sp³-hybridized carbons (Fsp3) is 0.619. The number of nitrogens with one attached hydrogen (secondary N) is 1. The zero-order valence-corrected chi connectivity index (χ0v) is 15.9. The molecule has 1 aromatic carbocycles. The Kier molecular flexibility index (Phi) is 4.72. The molecular formula is C21H26ClNO3. The topological polar surface area (TPSA) is 55.4 Å². The molecule has 0 saturated heterocycles. The van der Waals surface area contributed by atoms with Gasteiger partial charge in [0.15, 0.2) is 6.61 Å². The summed E-state index contributed by atoms with van der Waals surface area (Å²) in [5.74, 6) is 1.80. The molecule has 0 heterocycles. The van der Waals surface area contributed by atoms with E-state index in [4.69, 9.17) is 16.3 Å². The minimum absolute atomic E-state index is 0.133. The van der Waals surface area contributed by atoms with Gasteiger partial charge in [-0.3, -0.25) is 4.79 Å². The molecule has 4 nitrogen and oxygen atoms in total. The van der Waals surface area contributed by atoms with E-state index in [2.05, 4.69) is 12.2 Å². The first-order valence-electron chi connectivity index (χ1n) is 9.65. The zero-order chi connectivity index (χ0) is 18.3. The van der Waals surface area contributed by atoms with Crippen LogP contribution >= 0.6 is 11.6 Å². The number of benzene rings is 1. The highest BCUT2D eigenvalue weighted by molar-refractivity contribution is 6.30. The average Bonchev–Trinajstić information content (AvgIpc) is 2.58. The molecule has 1 aromatic rings. The third-order valence-corrected chi connectivity index (χ3v) is 7.01. The molecule has 0 aliphatic heterocycles. The quantitative estimate of drug-likeness (QED) is 0.784. The Balaban J connectivity index is 1.31. The molecule has 0 unspecified atom stereocenters. The standard InChI is InChI=1S/C21H26ClNO3/c1-13(21-9-14-5-15(10-21)7-16(6-14)11-21)23-19(24)12-26-20(25)17-3-2-4-18(22)8-17/h2-4,8,13-16H,5-7,9-12H2,1H3,(H,23,24)/t13-,14?,15?,16?,21?/m0/s1. The number of halogens is 1. The van der Waals surface area contributed by atoms with Crippen LogP contribution in [0.4, 0.5) is 0 Å². The molecule has 1 atom stereocenters. The summed E-state index contributed by atoms with van der Waals surface area (Å²) in [4.78, 5) is 24.4. The van der Waals surface area contributed by atoms with Gasteiger partial charge in [-0.1, -0.05) is 17.7 Å². The first-order valence-corrected chi connectivity index (χ1v) is 10.0. The van der Waals surface area contributed by atoms with E-state index in [0.717, 1.165) is 17.8 Å². The van der Waals surface area contributed by atoms with Gasteiger partial charge in [0.05, 0.1) is 5.56 Å². The molecule has 1 amide bonds. The van der Waals surface area contributed by atoms with Gasteiger partial charge in [0.25, 0.3) is 5.91 Å². The maximum Gasteiger partial charge on any atom is 0.338 e. The largest absolute Gasteiger partial charge is 0.452 e. The van der Waals surface area contributed by atoms with Crippen molar-refractivity contribution in [3.8, 4) is 0 Å². The first-order chi connectivity index (χ1) is 12.4. The van der Waals surface area contributed by atoms with Crippen LogP contribution in [0.15, 0.2) is 24.3 Å². The van der Waals surface area contributed by atoms with Crippen LogP contribution in [-0.2, 0) is 9.53 Å². The molecule has 4 saturated carbocycles. The normalized spacial score (nSPS) is 32.9. The van der Waals surface area contributed by atoms with Gasteiger partial charge in [-0.15, -0.1) is 0 Å². The van der Waals surface area contributed by atoms with Crippen molar-refractivity contribution >= 4 is 23.5 Å². The summed E-state index contributed by atoms with van der Waals surface area (Å²) in [7, 11) is 0. The first kappa shape index (κ1) is 17.8. The summed E-state index contributed by atoms with van der Waals surface area (Å²) in [6.45, 7) is 1.88. The van der Waals surface area contributed by atoms with Gasteiger partial charge < -0.3 is 10.1 Å². The molecule has 5 heteroatoms. The number of ether oxygens (including phenoxy) is 1. The molecule has 26 heavy (non-hydrogen) atoms. The van der Waals surface area contributed by atoms with E-state index < -0.39 is 5.97 Å². The molecule has 1 N–H and O–H groups in total. The molecular weight excluding hydrogens is 350 g/mol. The van der Waals surface area contributed by atoms with Crippen molar-refractivity contribution in [3.05, 3.63) is 34.9 Å². The van der Waals surface area contributed by atoms with Crippen molar-refractivity contribution in [3.63, 3.8) is 0 Å². The molecule has 4 aliphatic rings. The summed E-state index contributed by atoms with van der Waals surface area (Å²) in [5, 5.41) is 3.58. The van der Waals surface area contributed by atoms with Gasteiger partial charge >= 0.3 is 5.97 Å². The predicted octanol–water partition coefficient (Wildman–Crippen LogP) is 4.22. The van der Waals surface area contributed by atoms with E-state index in [-0.39, 0.29) is 24.0 Å². The highest BCUT2D eigenvalue weighted by atomic mass is 35.5. The van der Waals surface area contributed by atoms with E-state index >= 15 is 0 Å². The molecule has 0 aromatic heterocycles. The van der Waals surface area contributed by atoms with Crippen molar-refractivity contribution in [1.82, 2.24) is 5.32 Å². The van der Waals surface area contributed by atoms with Crippen LogP contribution in [-0.4, -0.2) is 24.5 Å². The number of rotatable bonds is 5. The lowest BCUT2D eigenvalue weighted by atomic mass is 9.48. The van der Waals surface area contributed by atoms with E-state index in [1.807, 2.05) is 0 Å². The van der Waals surface area contributed by atoms with E-state index in [1.54, 1.807) is 24.3 Å². The molecule has 4 fully saturated rings. The van der Waals surface area contributed by atoms with Crippen molar-refractivity contribution in [2.24, 2.45) is 23.2 Å². The zero-order valence-electron chi connectivity index (χ0n) is 15.2. The van der Waals surface area contributed by atoms with E-state index in [0.29, 0.717) is 10.6 Å². The number of hydrogen-bond acceptors (Lipinski definition) is 3. The minimum atomic E-state index is -0.523. The molecule has 0 spiro atoms. The Labute approximate surface area is 159 Å². The summed E-state index contributed by atoms with van der Waals surface area (Å²) in [6.07, 6.45) is 7.87. The molecule has 140 valence electrons. The summed E-state index contributed by atoms with van der Waals surface area (Å²) in [6, 6.07) is 6.68. The number of esters is 1. The molecule has 5 rings (SSSR count). The summed E-state index contributed by atoms with van der Waals surface area (Å²) < 4.78 is 5.16. The Bertz CT molecular complexity index is 682. The van der Waals surface area contributed by atoms with Gasteiger partial charge in [-0.2, -0.15) is 0 Å². The minimum Gasteiger partial charge on any atom is -0.452 e. The second-order valence-electron chi connectivity index (χ2n) is 8.66. The van der Waals surface area contributed by atoms with Gasteiger partial charge in [-0.25, -0.2) is 4.79 Å². The van der Waals surface area contributed by atoms with Crippen molar-refractivity contribution < 1.29 is 14.3 Å².